The molecule has 0 unspecified atom stereocenters. The van der Waals surface area contributed by atoms with Crippen molar-refractivity contribution in [2.45, 2.75) is 0 Å². The number of esters is 1. The number of aromatic nitrogens is 1. The van der Waals surface area contributed by atoms with Crippen LogP contribution in [0.2, 0.25) is 5.02 Å². The molecule has 0 amide bonds. The monoisotopic (exact) mass is 287 g/mol. The molecule has 0 spiro atoms. The number of methoxy groups -OCH3 is 1. The zero-order valence-corrected chi connectivity index (χ0v) is 11.3. The number of nitrogens with zero attached hydrogens (tertiary/aromatic N) is 1. The number of halogens is 1. The van der Waals surface area contributed by atoms with Crippen LogP contribution in [0.3, 0.4) is 0 Å². The van der Waals surface area contributed by atoms with Crippen molar-refractivity contribution in [1.82, 2.24) is 4.40 Å². The highest BCUT2D eigenvalue weighted by molar-refractivity contribution is 6.35. The van der Waals surface area contributed by atoms with Crippen LogP contribution in [0.5, 0.6) is 0 Å². The molecule has 0 aliphatic heterocycles. The van der Waals surface area contributed by atoms with Gasteiger partial charge in [0.25, 0.3) is 0 Å². The average Bonchev–Trinajstić information content (AvgIpc) is 2.47. The van der Waals surface area contributed by atoms with Crippen molar-refractivity contribution in [2.24, 2.45) is 0 Å². The van der Waals surface area contributed by atoms with Gasteiger partial charge in [0.15, 0.2) is 0 Å². The molecule has 0 saturated carbocycles. The highest BCUT2D eigenvalue weighted by Gasteiger charge is 2.19. The molecule has 3 rings (SSSR count). The van der Waals surface area contributed by atoms with Crippen molar-refractivity contribution in [3.63, 3.8) is 0 Å². The third-order valence-corrected chi connectivity index (χ3v) is 3.53. The van der Waals surface area contributed by atoms with Crippen molar-refractivity contribution in [2.75, 3.05) is 7.11 Å². The average molecular weight is 288 g/mol. The second-order valence-electron chi connectivity index (χ2n) is 4.29. The standard InChI is InChI=1S/C15H10ClNO3/c1-20-15(19)13-11-6-2-3-8-17(11)10-7-4-5-9(16)12(10)14(13)18/h2-8H,1H3. The van der Waals surface area contributed by atoms with Crippen molar-refractivity contribution in [1.29, 1.82) is 0 Å². The number of rotatable bonds is 1. The summed E-state index contributed by atoms with van der Waals surface area (Å²) in [7, 11) is 1.25. The summed E-state index contributed by atoms with van der Waals surface area (Å²) in [6.45, 7) is 0. The molecule has 1 aromatic carbocycles. The SMILES string of the molecule is COC(=O)c1c(=O)c2c(Cl)cccc2n2ccccc12. The van der Waals surface area contributed by atoms with Gasteiger partial charge in [0.1, 0.15) is 5.56 Å². The number of pyridine rings is 2. The highest BCUT2D eigenvalue weighted by atomic mass is 35.5. The maximum atomic E-state index is 12.6. The second kappa shape index (κ2) is 4.65. The summed E-state index contributed by atoms with van der Waals surface area (Å²) < 4.78 is 6.48. The van der Waals surface area contributed by atoms with Gasteiger partial charge in [0.05, 0.1) is 28.6 Å². The largest absolute Gasteiger partial charge is 0.465 e. The Hall–Kier alpha value is -2.33. The maximum absolute atomic E-state index is 12.6. The number of hydrogen-bond acceptors (Lipinski definition) is 3. The van der Waals surface area contributed by atoms with E-state index in [0.29, 0.717) is 21.4 Å². The van der Waals surface area contributed by atoms with Gasteiger partial charge >= 0.3 is 5.97 Å². The first kappa shape index (κ1) is 12.7. The fourth-order valence-electron chi connectivity index (χ4n) is 2.34. The van der Waals surface area contributed by atoms with Crippen molar-refractivity contribution in [3.8, 4) is 0 Å². The van der Waals surface area contributed by atoms with E-state index in [9.17, 15) is 9.59 Å². The molecule has 5 heteroatoms. The third-order valence-electron chi connectivity index (χ3n) is 3.21. The summed E-state index contributed by atoms with van der Waals surface area (Å²) in [6, 6.07) is 10.5. The topological polar surface area (TPSA) is 47.8 Å². The van der Waals surface area contributed by atoms with Crippen molar-refractivity contribution < 1.29 is 9.53 Å². The van der Waals surface area contributed by atoms with Gasteiger partial charge in [-0.1, -0.05) is 23.7 Å². The number of fused-ring (bicyclic) bond motifs is 3. The number of carbonyl (C=O) groups is 1. The Bertz CT molecular complexity index is 899. The zero-order chi connectivity index (χ0) is 14.3. The molecular weight excluding hydrogens is 278 g/mol. The minimum atomic E-state index is -0.666. The molecule has 2 heterocycles. The summed E-state index contributed by atoms with van der Waals surface area (Å²) in [5.41, 5.74) is 0.738. The van der Waals surface area contributed by atoms with Gasteiger partial charge in [-0.25, -0.2) is 4.79 Å². The molecule has 0 atom stereocenters. The lowest BCUT2D eigenvalue weighted by Gasteiger charge is -2.10. The van der Waals surface area contributed by atoms with Crippen LogP contribution in [0.15, 0.2) is 47.4 Å². The molecule has 4 nitrogen and oxygen atoms in total. The van der Waals surface area contributed by atoms with E-state index in [2.05, 4.69) is 0 Å². The van der Waals surface area contributed by atoms with Gasteiger partial charge in [-0.15, -0.1) is 0 Å². The Kier molecular flexibility index (Phi) is 2.95. The quantitative estimate of drug-likeness (QED) is 0.511. The molecular formula is C15H10ClNO3. The van der Waals surface area contributed by atoms with Gasteiger partial charge in [-0.05, 0) is 24.3 Å². The van der Waals surface area contributed by atoms with Gasteiger partial charge < -0.3 is 9.14 Å². The van der Waals surface area contributed by atoms with Crippen LogP contribution < -0.4 is 5.43 Å². The van der Waals surface area contributed by atoms with E-state index >= 15 is 0 Å². The second-order valence-corrected chi connectivity index (χ2v) is 4.69. The number of carbonyl (C=O) groups excluding carboxylic acids is 1. The van der Waals surface area contributed by atoms with E-state index in [1.54, 1.807) is 40.9 Å². The van der Waals surface area contributed by atoms with Crippen LogP contribution in [0, 0.1) is 0 Å². The molecule has 0 N–H and O–H groups in total. The molecule has 0 fully saturated rings. The lowest BCUT2D eigenvalue weighted by molar-refractivity contribution is 0.0601. The Balaban J connectivity index is 2.67. The molecule has 0 saturated heterocycles. The van der Waals surface area contributed by atoms with Crippen LogP contribution in [0.1, 0.15) is 10.4 Å². The fraction of sp³-hybridized carbons (Fsp3) is 0.0667. The Morgan fingerprint density at radius 1 is 1.15 bits per heavy atom. The first-order chi connectivity index (χ1) is 9.65. The predicted molar refractivity (Wildman–Crippen MR) is 77.5 cm³/mol. The lowest BCUT2D eigenvalue weighted by Crippen LogP contribution is -2.19. The lowest BCUT2D eigenvalue weighted by atomic mass is 10.1. The van der Waals surface area contributed by atoms with Crippen LogP contribution in [-0.2, 0) is 4.74 Å². The van der Waals surface area contributed by atoms with Crippen LogP contribution in [-0.4, -0.2) is 17.5 Å². The number of hydrogen-bond donors (Lipinski definition) is 0. The summed E-state index contributed by atoms with van der Waals surface area (Å²) in [5, 5.41) is 0.633. The summed E-state index contributed by atoms with van der Waals surface area (Å²) in [6.07, 6.45) is 1.78. The van der Waals surface area contributed by atoms with Crippen LogP contribution >= 0.6 is 11.6 Å². The molecule has 20 heavy (non-hydrogen) atoms. The van der Waals surface area contributed by atoms with E-state index in [0.717, 1.165) is 0 Å². The van der Waals surface area contributed by atoms with E-state index in [1.165, 1.54) is 7.11 Å². The van der Waals surface area contributed by atoms with E-state index in [-0.39, 0.29) is 5.56 Å². The highest BCUT2D eigenvalue weighted by Crippen LogP contribution is 2.23. The maximum Gasteiger partial charge on any atom is 0.344 e. The van der Waals surface area contributed by atoms with Gasteiger partial charge in [0.2, 0.25) is 5.43 Å². The first-order valence-corrected chi connectivity index (χ1v) is 6.33. The van der Waals surface area contributed by atoms with E-state index < -0.39 is 11.4 Å². The molecule has 0 bridgehead atoms. The van der Waals surface area contributed by atoms with E-state index in [4.69, 9.17) is 16.3 Å². The fourth-order valence-corrected chi connectivity index (χ4v) is 2.59. The van der Waals surface area contributed by atoms with Gasteiger partial charge in [0, 0.05) is 6.20 Å². The van der Waals surface area contributed by atoms with E-state index in [1.807, 2.05) is 6.07 Å². The Labute approximate surface area is 119 Å². The molecule has 3 aromatic rings. The summed E-state index contributed by atoms with van der Waals surface area (Å²) in [4.78, 5) is 24.5. The van der Waals surface area contributed by atoms with Crippen LogP contribution in [0.4, 0.5) is 0 Å². The summed E-state index contributed by atoms with van der Waals surface area (Å²) >= 11 is 6.12. The minimum absolute atomic E-state index is 0.00583. The first-order valence-electron chi connectivity index (χ1n) is 5.95. The zero-order valence-electron chi connectivity index (χ0n) is 10.6. The normalized spacial score (nSPS) is 10.9. The molecule has 0 aliphatic rings. The molecule has 2 aromatic heterocycles. The van der Waals surface area contributed by atoms with Crippen molar-refractivity contribution in [3.05, 3.63) is 63.4 Å². The van der Waals surface area contributed by atoms with Gasteiger partial charge in [-0.3, -0.25) is 4.79 Å². The molecule has 0 radical (unpaired) electrons. The Morgan fingerprint density at radius 3 is 2.65 bits per heavy atom. The predicted octanol–water partition coefficient (Wildman–Crippen LogP) is 2.89. The number of benzene rings is 1. The minimum Gasteiger partial charge on any atom is -0.465 e. The molecule has 0 aliphatic carbocycles. The number of ether oxygens (including phenoxy) is 1. The Morgan fingerprint density at radius 2 is 1.90 bits per heavy atom. The third kappa shape index (κ3) is 1.69. The van der Waals surface area contributed by atoms with Crippen molar-refractivity contribution >= 4 is 34.0 Å². The van der Waals surface area contributed by atoms with Gasteiger partial charge in [-0.2, -0.15) is 0 Å². The summed E-state index contributed by atoms with van der Waals surface area (Å²) in [5.74, 6) is -0.666. The van der Waals surface area contributed by atoms with Crippen LogP contribution in [0.25, 0.3) is 16.4 Å². The molecule has 100 valence electrons. The smallest absolute Gasteiger partial charge is 0.344 e.